The molecule has 0 radical (unpaired) electrons. The van der Waals surface area contributed by atoms with Crippen LogP contribution >= 0.6 is 0 Å². The molecule has 4 aromatic rings. The van der Waals surface area contributed by atoms with Crippen LogP contribution in [-0.4, -0.2) is 51.9 Å². The van der Waals surface area contributed by atoms with Gasteiger partial charge >= 0.3 is 6.03 Å². The lowest BCUT2D eigenvalue weighted by Gasteiger charge is -2.39. The van der Waals surface area contributed by atoms with Crippen molar-refractivity contribution in [3.63, 3.8) is 0 Å². The van der Waals surface area contributed by atoms with Crippen molar-refractivity contribution in [1.82, 2.24) is 14.5 Å². The van der Waals surface area contributed by atoms with Crippen molar-refractivity contribution in [3.8, 4) is 0 Å². The highest BCUT2D eigenvalue weighted by Crippen LogP contribution is 2.28. The number of aryl methyl sites for hydroxylation is 1. The van der Waals surface area contributed by atoms with Crippen molar-refractivity contribution in [2.75, 3.05) is 29.9 Å². The van der Waals surface area contributed by atoms with E-state index in [-0.39, 0.29) is 17.9 Å². The van der Waals surface area contributed by atoms with Gasteiger partial charge in [-0.3, -0.25) is 9.78 Å². The lowest BCUT2D eigenvalue weighted by molar-refractivity contribution is 0.103. The predicted octanol–water partition coefficient (Wildman–Crippen LogP) is 4.86. The molecule has 36 heavy (non-hydrogen) atoms. The van der Waals surface area contributed by atoms with Gasteiger partial charge in [0.1, 0.15) is 5.69 Å². The van der Waals surface area contributed by atoms with Crippen molar-refractivity contribution in [3.05, 3.63) is 89.9 Å². The van der Waals surface area contributed by atoms with Gasteiger partial charge in [-0.05, 0) is 49.1 Å². The third kappa shape index (κ3) is 4.00. The van der Waals surface area contributed by atoms with Gasteiger partial charge in [0.15, 0.2) is 0 Å². The molecular weight excluding hydrogens is 450 g/mol. The minimum absolute atomic E-state index is 0.00900. The Hall–Kier alpha value is -4.13. The number of nitrogens with zero attached hydrogens (tertiary/aromatic N) is 4. The van der Waals surface area contributed by atoms with Gasteiger partial charge in [-0.15, -0.1) is 0 Å². The molecule has 1 fully saturated rings. The standard InChI is InChI=1S/C29H29N5O2/c1-32-19-24(23-7-3-5-9-27(23)32)28(35)26-18-22(10-14-30-26)33-15-12-21(13-16-33)34-17-11-20-6-2-4-8-25(20)31-29(34)36/h2-10,14,18-19,21H,11-13,15-17H2,1H3,(H,31,36). The molecule has 0 atom stereocenters. The summed E-state index contributed by atoms with van der Waals surface area (Å²) in [4.78, 5) is 35.0. The van der Waals surface area contributed by atoms with E-state index >= 15 is 0 Å². The zero-order valence-electron chi connectivity index (χ0n) is 20.4. The number of urea groups is 1. The van der Waals surface area contributed by atoms with Gasteiger partial charge in [-0.2, -0.15) is 0 Å². The third-order valence-electron chi connectivity index (χ3n) is 7.53. The maximum absolute atomic E-state index is 13.4. The van der Waals surface area contributed by atoms with Gasteiger partial charge in [0, 0.05) is 73.0 Å². The number of pyridine rings is 1. The highest BCUT2D eigenvalue weighted by atomic mass is 16.2. The van der Waals surface area contributed by atoms with Crippen molar-refractivity contribution in [2.45, 2.75) is 25.3 Å². The number of fused-ring (bicyclic) bond motifs is 2. The first kappa shape index (κ1) is 22.3. The minimum Gasteiger partial charge on any atom is -0.371 e. The van der Waals surface area contributed by atoms with Crippen LogP contribution in [0.25, 0.3) is 10.9 Å². The Balaban J connectivity index is 1.15. The molecule has 2 aromatic carbocycles. The molecular formula is C29H29N5O2. The summed E-state index contributed by atoms with van der Waals surface area (Å²) in [5, 5.41) is 4.03. The van der Waals surface area contributed by atoms with Crippen molar-refractivity contribution < 1.29 is 9.59 Å². The second kappa shape index (κ2) is 9.15. The Kier molecular flexibility index (Phi) is 5.68. The van der Waals surface area contributed by atoms with Crippen LogP contribution in [0.15, 0.2) is 73.1 Å². The molecule has 0 spiro atoms. The quantitative estimate of drug-likeness (QED) is 0.424. The highest BCUT2D eigenvalue weighted by molar-refractivity contribution is 6.15. The van der Waals surface area contributed by atoms with E-state index in [0.29, 0.717) is 11.3 Å². The fourth-order valence-corrected chi connectivity index (χ4v) is 5.57. The van der Waals surface area contributed by atoms with Crippen molar-refractivity contribution in [1.29, 1.82) is 0 Å². The third-order valence-corrected chi connectivity index (χ3v) is 7.53. The molecule has 2 aliphatic heterocycles. The fourth-order valence-electron chi connectivity index (χ4n) is 5.57. The molecule has 7 heteroatoms. The SMILES string of the molecule is Cn1cc(C(=O)c2cc(N3CCC(N4CCc5ccccc5NC4=O)CC3)ccn2)c2ccccc21. The van der Waals surface area contributed by atoms with E-state index in [4.69, 9.17) is 0 Å². The molecule has 4 heterocycles. The van der Waals surface area contributed by atoms with Gasteiger partial charge in [0.05, 0.1) is 0 Å². The summed E-state index contributed by atoms with van der Waals surface area (Å²) in [5.41, 5.74) is 5.26. The van der Waals surface area contributed by atoms with Crippen LogP contribution in [0.4, 0.5) is 16.2 Å². The molecule has 0 saturated carbocycles. The monoisotopic (exact) mass is 479 g/mol. The van der Waals surface area contributed by atoms with Crippen LogP contribution in [0.1, 0.15) is 34.5 Å². The highest BCUT2D eigenvalue weighted by Gasteiger charge is 2.30. The Bertz CT molecular complexity index is 1450. The van der Waals surface area contributed by atoms with Gasteiger partial charge in [-0.1, -0.05) is 36.4 Å². The molecule has 1 saturated heterocycles. The van der Waals surface area contributed by atoms with E-state index in [1.165, 1.54) is 5.56 Å². The predicted molar refractivity (Wildman–Crippen MR) is 142 cm³/mol. The average Bonchev–Trinajstić information content (AvgIpc) is 3.15. The summed E-state index contributed by atoms with van der Waals surface area (Å²) in [5.74, 6) is -0.0654. The number of anilines is 2. The summed E-state index contributed by atoms with van der Waals surface area (Å²) < 4.78 is 1.98. The average molecular weight is 480 g/mol. The second-order valence-electron chi connectivity index (χ2n) is 9.65. The molecule has 7 nitrogen and oxygen atoms in total. The summed E-state index contributed by atoms with van der Waals surface area (Å²) in [6.07, 6.45) is 6.24. The zero-order valence-corrected chi connectivity index (χ0v) is 20.4. The van der Waals surface area contributed by atoms with Crippen molar-refractivity contribution >= 4 is 34.1 Å². The van der Waals surface area contributed by atoms with E-state index in [1.54, 1.807) is 6.20 Å². The normalized spacial score (nSPS) is 16.5. The lowest BCUT2D eigenvalue weighted by Crippen LogP contribution is -2.49. The summed E-state index contributed by atoms with van der Waals surface area (Å²) in [6, 6.07) is 20.0. The molecule has 0 bridgehead atoms. The Morgan fingerprint density at radius 2 is 1.78 bits per heavy atom. The second-order valence-corrected chi connectivity index (χ2v) is 9.65. The molecule has 1 N–H and O–H groups in total. The number of carbonyl (C=O) groups excluding carboxylic acids is 2. The summed E-state index contributed by atoms with van der Waals surface area (Å²) >= 11 is 0. The van der Waals surface area contributed by atoms with E-state index < -0.39 is 0 Å². The van der Waals surface area contributed by atoms with Gasteiger partial charge in [0.25, 0.3) is 0 Å². The number of hydrogen-bond acceptors (Lipinski definition) is 4. The molecule has 2 aromatic heterocycles. The first-order valence-corrected chi connectivity index (χ1v) is 12.5. The number of rotatable bonds is 4. The molecule has 2 aliphatic rings. The van der Waals surface area contributed by atoms with Crippen molar-refractivity contribution in [2.24, 2.45) is 7.05 Å². The van der Waals surface area contributed by atoms with Crippen LogP contribution in [-0.2, 0) is 13.5 Å². The molecule has 182 valence electrons. The summed E-state index contributed by atoms with van der Waals surface area (Å²) in [6.45, 7) is 2.38. The number of para-hydroxylation sites is 2. The number of piperidine rings is 1. The molecule has 0 unspecified atom stereocenters. The fraction of sp³-hybridized carbons (Fsp3) is 0.276. The number of benzene rings is 2. The van der Waals surface area contributed by atoms with E-state index in [1.807, 2.05) is 77.3 Å². The zero-order chi connectivity index (χ0) is 24.6. The van der Waals surface area contributed by atoms with Crippen LogP contribution in [0.3, 0.4) is 0 Å². The Morgan fingerprint density at radius 3 is 2.64 bits per heavy atom. The minimum atomic E-state index is -0.0654. The summed E-state index contributed by atoms with van der Waals surface area (Å²) in [7, 11) is 1.95. The Morgan fingerprint density at radius 1 is 1.00 bits per heavy atom. The largest absolute Gasteiger partial charge is 0.371 e. The van der Waals surface area contributed by atoms with Crippen LogP contribution in [0.5, 0.6) is 0 Å². The van der Waals surface area contributed by atoms with Gasteiger partial charge < -0.3 is 19.7 Å². The lowest BCUT2D eigenvalue weighted by atomic mass is 10.0. The van der Waals surface area contributed by atoms with E-state index in [2.05, 4.69) is 21.3 Å². The van der Waals surface area contributed by atoms with Crippen LogP contribution < -0.4 is 10.2 Å². The molecule has 2 amide bonds. The topological polar surface area (TPSA) is 70.5 Å². The maximum atomic E-state index is 13.4. The number of ketones is 1. The number of carbonyl (C=O) groups is 2. The number of aromatic nitrogens is 2. The van der Waals surface area contributed by atoms with Crippen LogP contribution in [0.2, 0.25) is 0 Å². The van der Waals surface area contributed by atoms with E-state index in [0.717, 1.165) is 61.2 Å². The van der Waals surface area contributed by atoms with Gasteiger partial charge in [0.2, 0.25) is 5.78 Å². The first-order valence-electron chi connectivity index (χ1n) is 12.5. The maximum Gasteiger partial charge on any atom is 0.322 e. The first-order chi connectivity index (χ1) is 17.6. The molecule has 0 aliphatic carbocycles. The number of hydrogen-bond donors (Lipinski definition) is 1. The smallest absolute Gasteiger partial charge is 0.322 e. The Labute approximate surface area is 210 Å². The van der Waals surface area contributed by atoms with E-state index in [9.17, 15) is 9.59 Å². The number of nitrogens with one attached hydrogen (secondary N) is 1. The van der Waals surface area contributed by atoms with Crippen LogP contribution in [0, 0.1) is 0 Å². The molecule has 6 rings (SSSR count). The number of amides is 2. The van der Waals surface area contributed by atoms with Gasteiger partial charge in [-0.25, -0.2) is 4.79 Å².